The Balaban J connectivity index is 1.45. The second kappa shape index (κ2) is 5.76. The SMILES string of the molecule is Cc1cccc(OCC(=O)NC2CC(=O)N(C3CC3)C2)c1. The molecule has 0 radical (unpaired) electrons. The lowest BCUT2D eigenvalue weighted by molar-refractivity contribution is -0.128. The van der Waals surface area contributed by atoms with Gasteiger partial charge < -0.3 is 15.0 Å². The van der Waals surface area contributed by atoms with E-state index in [1.54, 1.807) is 0 Å². The summed E-state index contributed by atoms with van der Waals surface area (Å²) in [6, 6.07) is 7.93. The van der Waals surface area contributed by atoms with Crippen molar-refractivity contribution in [3.05, 3.63) is 29.8 Å². The van der Waals surface area contributed by atoms with Gasteiger partial charge in [0.1, 0.15) is 5.75 Å². The Hall–Kier alpha value is -2.04. The summed E-state index contributed by atoms with van der Waals surface area (Å²) in [5.74, 6) is 0.668. The van der Waals surface area contributed by atoms with Crippen LogP contribution in [0, 0.1) is 6.92 Å². The van der Waals surface area contributed by atoms with Crippen molar-refractivity contribution in [3.63, 3.8) is 0 Å². The Labute approximate surface area is 124 Å². The van der Waals surface area contributed by atoms with E-state index in [4.69, 9.17) is 4.74 Å². The van der Waals surface area contributed by atoms with Gasteiger partial charge in [0.25, 0.3) is 5.91 Å². The van der Waals surface area contributed by atoms with Crippen LogP contribution in [0.5, 0.6) is 5.75 Å². The van der Waals surface area contributed by atoms with Gasteiger partial charge in [-0.05, 0) is 37.5 Å². The first-order valence-electron chi connectivity index (χ1n) is 7.40. The van der Waals surface area contributed by atoms with Crippen LogP contribution in [0.3, 0.4) is 0 Å². The highest BCUT2D eigenvalue weighted by Crippen LogP contribution is 2.30. The molecule has 1 aromatic carbocycles. The van der Waals surface area contributed by atoms with Crippen LogP contribution >= 0.6 is 0 Å². The summed E-state index contributed by atoms with van der Waals surface area (Å²) in [5, 5.41) is 2.88. The molecule has 1 aliphatic heterocycles. The van der Waals surface area contributed by atoms with E-state index in [1.807, 2.05) is 36.1 Å². The fourth-order valence-electron chi connectivity index (χ4n) is 2.69. The van der Waals surface area contributed by atoms with E-state index in [1.165, 1.54) is 0 Å². The first kappa shape index (κ1) is 13.9. The quantitative estimate of drug-likeness (QED) is 0.887. The van der Waals surface area contributed by atoms with Gasteiger partial charge in [0.15, 0.2) is 6.61 Å². The van der Waals surface area contributed by atoms with Gasteiger partial charge in [-0.1, -0.05) is 12.1 Å². The first-order valence-corrected chi connectivity index (χ1v) is 7.40. The van der Waals surface area contributed by atoms with Gasteiger partial charge in [-0.25, -0.2) is 0 Å². The number of ether oxygens (including phenoxy) is 1. The number of likely N-dealkylation sites (tertiary alicyclic amines) is 1. The standard InChI is InChI=1S/C16H20N2O3/c1-11-3-2-4-14(7-11)21-10-15(19)17-12-8-16(20)18(9-12)13-5-6-13/h2-4,7,12-13H,5-6,8-10H2,1H3,(H,17,19). The highest BCUT2D eigenvalue weighted by atomic mass is 16.5. The zero-order valence-corrected chi connectivity index (χ0v) is 12.2. The van der Waals surface area contributed by atoms with E-state index in [2.05, 4.69) is 5.32 Å². The molecule has 1 saturated heterocycles. The molecule has 2 amide bonds. The molecular weight excluding hydrogens is 268 g/mol. The topological polar surface area (TPSA) is 58.6 Å². The third kappa shape index (κ3) is 3.54. The van der Waals surface area contributed by atoms with Crippen LogP contribution in [-0.4, -0.2) is 41.9 Å². The lowest BCUT2D eigenvalue weighted by Crippen LogP contribution is -2.40. The summed E-state index contributed by atoms with van der Waals surface area (Å²) < 4.78 is 5.46. The number of hydrogen-bond acceptors (Lipinski definition) is 3. The van der Waals surface area contributed by atoms with Crippen molar-refractivity contribution in [2.45, 2.75) is 38.3 Å². The van der Waals surface area contributed by atoms with Gasteiger partial charge >= 0.3 is 0 Å². The highest BCUT2D eigenvalue weighted by Gasteiger charge is 2.39. The molecule has 1 N–H and O–H groups in total. The molecule has 5 nitrogen and oxygen atoms in total. The normalized spacial score (nSPS) is 21.5. The average molecular weight is 288 g/mol. The predicted molar refractivity (Wildman–Crippen MR) is 78.0 cm³/mol. The average Bonchev–Trinajstić information content (AvgIpc) is 3.21. The largest absolute Gasteiger partial charge is 0.484 e. The Morgan fingerprint density at radius 3 is 2.95 bits per heavy atom. The lowest BCUT2D eigenvalue weighted by Gasteiger charge is -2.16. The molecule has 21 heavy (non-hydrogen) atoms. The number of nitrogens with zero attached hydrogens (tertiary/aromatic N) is 1. The smallest absolute Gasteiger partial charge is 0.258 e. The number of hydrogen-bond donors (Lipinski definition) is 1. The second-order valence-corrected chi connectivity index (χ2v) is 5.85. The fraction of sp³-hybridized carbons (Fsp3) is 0.500. The van der Waals surface area contributed by atoms with E-state index < -0.39 is 0 Å². The van der Waals surface area contributed by atoms with Crippen molar-refractivity contribution < 1.29 is 14.3 Å². The van der Waals surface area contributed by atoms with E-state index >= 15 is 0 Å². The summed E-state index contributed by atoms with van der Waals surface area (Å²) in [7, 11) is 0. The van der Waals surface area contributed by atoms with Crippen LogP contribution in [0.4, 0.5) is 0 Å². The fourth-order valence-corrected chi connectivity index (χ4v) is 2.69. The lowest BCUT2D eigenvalue weighted by atomic mass is 10.2. The number of aryl methyl sites for hydroxylation is 1. The van der Waals surface area contributed by atoms with Crippen LogP contribution in [0.25, 0.3) is 0 Å². The number of benzene rings is 1. The van der Waals surface area contributed by atoms with Crippen LogP contribution in [0.15, 0.2) is 24.3 Å². The Kier molecular flexibility index (Phi) is 3.82. The molecule has 2 aliphatic rings. The van der Waals surface area contributed by atoms with Crippen molar-refractivity contribution in [2.75, 3.05) is 13.2 Å². The van der Waals surface area contributed by atoms with Crippen molar-refractivity contribution in [1.82, 2.24) is 10.2 Å². The van der Waals surface area contributed by atoms with Gasteiger partial charge in [-0.3, -0.25) is 9.59 Å². The molecular formula is C16H20N2O3. The van der Waals surface area contributed by atoms with Crippen molar-refractivity contribution in [2.24, 2.45) is 0 Å². The number of amides is 2. The second-order valence-electron chi connectivity index (χ2n) is 5.85. The van der Waals surface area contributed by atoms with Gasteiger partial charge in [0.2, 0.25) is 5.91 Å². The molecule has 3 rings (SSSR count). The monoisotopic (exact) mass is 288 g/mol. The molecule has 1 saturated carbocycles. The molecule has 1 aromatic rings. The van der Waals surface area contributed by atoms with Gasteiger partial charge in [-0.2, -0.15) is 0 Å². The number of rotatable bonds is 5. The Morgan fingerprint density at radius 1 is 1.43 bits per heavy atom. The molecule has 0 aromatic heterocycles. The molecule has 0 bridgehead atoms. The molecule has 1 heterocycles. The molecule has 1 aliphatic carbocycles. The first-order chi connectivity index (χ1) is 10.1. The summed E-state index contributed by atoms with van der Waals surface area (Å²) in [4.78, 5) is 25.6. The maximum absolute atomic E-state index is 11.9. The Bertz CT molecular complexity index is 554. The predicted octanol–water partition coefficient (Wildman–Crippen LogP) is 1.25. The maximum Gasteiger partial charge on any atom is 0.258 e. The molecule has 1 atom stereocenters. The van der Waals surface area contributed by atoms with E-state index in [0.717, 1.165) is 18.4 Å². The zero-order chi connectivity index (χ0) is 14.8. The molecule has 5 heteroatoms. The number of carbonyl (C=O) groups excluding carboxylic acids is 2. The summed E-state index contributed by atoms with van der Waals surface area (Å²) in [6.07, 6.45) is 2.61. The third-order valence-electron chi connectivity index (χ3n) is 3.87. The van der Waals surface area contributed by atoms with E-state index in [0.29, 0.717) is 24.8 Å². The van der Waals surface area contributed by atoms with Crippen LogP contribution in [0.2, 0.25) is 0 Å². The van der Waals surface area contributed by atoms with Crippen molar-refractivity contribution >= 4 is 11.8 Å². The van der Waals surface area contributed by atoms with Gasteiger partial charge in [0, 0.05) is 19.0 Å². The minimum absolute atomic E-state index is 0.0163. The number of nitrogens with one attached hydrogen (secondary N) is 1. The van der Waals surface area contributed by atoms with Crippen LogP contribution in [0.1, 0.15) is 24.8 Å². The summed E-state index contributed by atoms with van der Waals surface area (Å²) in [6.45, 7) is 2.60. The molecule has 1 unspecified atom stereocenters. The van der Waals surface area contributed by atoms with E-state index in [-0.39, 0.29) is 24.5 Å². The molecule has 0 spiro atoms. The molecule has 2 fully saturated rings. The summed E-state index contributed by atoms with van der Waals surface area (Å²) >= 11 is 0. The highest BCUT2D eigenvalue weighted by molar-refractivity contribution is 5.83. The van der Waals surface area contributed by atoms with Crippen molar-refractivity contribution in [3.8, 4) is 5.75 Å². The number of carbonyl (C=O) groups is 2. The molecule has 112 valence electrons. The van der Waals surface area contributed by atoms with E-state index in [9.17, 15) is 9.59 Å². The zero-order valence-electron chi connectivity index (χ0n) is 12.2. The van der Waals surface area contributed by atoms with Gasteiger partial charge in [-0.15, -0.1) is 0 Å². The summed E-state index contributed by atoms with van der Waals surface area (Å²) in [5.41, 5.74) is 1.09. The minimum Gasteiger partial charge on any atom is -0.484 e. The third-order valence-corrected chi connectivity index (χ3v) is 3.87. The van der Waals surface area contributed by atoms with Gasteiger partial charge in [0.05, 0.1) is 6.04 Å². The van der Waals surface area contributed by atoms with Crippen molar-refractivity contribution in [1.29, 1.82) is 0 Å². The minimum atomic E-state index is -0.174. The Morgan fingerprint density at radius 2 is 2.24 bits per heavy atom. The van der Waals surface area contributed by atoms with Crippen LogP contribution < -0.4 is 10.1 Å². The maximum atomic E-state index is 11.9. The van der Waals surface area contributed by atoms with Crippen LogP contribution in [-0.2, 0) is 9.59 Å².